The lowest BCUT2D eigenvalue weighted by molar-refractivity contribution is -0.156. The van der Waals surface area contributed by atoms with E-state index in [9.17, 15) is 19.5 Å². The van der Waals surface area contributed by atoms with Gasteiger partial charge >= 0.3 is 11.9 Å². The number of esters is 1. The van der Waals surface area contributed by atoms with Crippen molar-refractivity contribution in [3.63, 3.8) is 0 Å². The molecule has 0 fully saturated rings. The number of hydrogen-bond donors (Lipinski definition) is 2. The quantitative estimate of drug-likeness (QED) is 0.468. The van der Waals surface area contributed by atoms with Crippen LogP contribution in [0.4, 0.5) is 0 Å². The van der Waals surface area contributed by atoms with Gasteiger partial charge in [0.1, 0.15) is 6.61 Å². The zero-order valence-corrected chi connectivity index (χ0v) is 8.93. The van der Waals surface area contributed by atoms with Gasteiger partial charge < -0.3 is 14.9 Å². The second-order valence-electron chi connectivity index (χ2n) is 3.40. The predicted molar refractivity (Wildman–Crippen MR) is 53.7 cm³/mol. The molecule has 0 aromatic heterocycles. The second-order valence-corrected chi connectivity index (χ2v) is 3.40. The Balaban J connectivity index is 4.04. The standard InChI is InChI=1S/C10H14O6/c1-3-7(11)10(2,15)6-16-9(14)5-4-8(12)13/h3,15H,1,4-6H2,2H3,(H,12,13). The summed E-state index contributed by atoms with van der Waals surface area (Å²) in [7, 11) is 0. The Hall–Kier alpha value is -1.69. The topological polar surface area (TPSA) is 101 Å². The fourth-order valence-electron chi connectivity index (χ4n) is 0.793. The molecule has 0 aliphatic rings. The molecule has 0 heterocycles. The van der Waals surface area contributed by atoms with Crippen LogP contribution in [0.1, 0.15) is 19.8 Å². The maximum absolute atomic E-state index is 11.1. The van der Waals surface area contributed by atoms with Crippen molar-refractivity contribution >= 4 is 17.7 Å². The van der Waals surface area contributed by atoms with Crippen molar-refractivity contribution in [3.05, 3.63) is 12.7 Å². The number of aliphatic carboxylic acids is 1. The van der Waals surface area contributed by atoms with Gasteiger partial charge in [-0.2, -0.15) is 0 Å². The van der Waals surface area contributed by atoms with E-state index in [4.69, 9.17) is 5.11 Å². The predicted octanol–water partition coefficient (Wildman–Crippen LogP) is -0.0995. The van der Waals surface area contributed by atoms with Gasteiger partial charge in [-0.05, 0) is 13.0 Å². The van der Waals surface area contributed by atoms with E-state index in [1.165, 1.54) is 6.92 Å². The molecular weight excluding hydrogens is 216 g/mol. The van der Waals surface area contributed by atoms with Crippen LogP contribution in [0.2, 0.25) is 0 Å². The molecule has 1 atom stereocenters. The zero-order chi connectivity index (χ0) is 12.8. The number of carboxylic acids is 1. The van der Waals surface area contributed by atoms with Gasteiger partial charge in [0.2, 0.25) is 0 Å². The van der Waals surface area contributed by atoms with Gasteiger partial charge in [0.25, 0.3) is 0 Å². The van der Waals surface area contributed by atoms with Gasteiger partial charge in [0.15, 0.2) is 11.4 Å². The van der Waals surface area contributed by atoms with Crippen molar-refractivity contribution in [2.75, 3.05) is 6.61 Å². The molecule has 0 aliphatic heterocycles. The number of carbonyl (C=O) groups excluding carboxylic acids is 2. The molecule has 0 amide bonds. The Morgan fingerprint density at radius 3 is 2.38 bits per heavy atom. The van der Waals surface area contributed by atoms with Gasteiger partial charge in [-0.15, -0.1) is 0 Å². The monoisotopic (exact) mass is 230 g/mol. The van der Waals surface area contributed by atoms with Crippen LogP contribution < -0.4 is 0 Å². The third kappa shape index (κ3) is 5.26. The molecule has 0 bridgehead atoms. The van der Waals surface area contributed by atoms with Crippen molar-refractivity contribution in [3.8, 4) is 0 Å². The number of ether oxygens (including phenoxy) is 1. The molecule has 2 N–H and O–H groups in total. The largest absolute Gasteiger partial charge is 0.481 e. The molecule has 0 aromatic rings. The maximum Gasteiger partial charge on any atom is 0.306 e. The first-order valence-electron chi connectivity index (χ1n) is 4.56. The molecule has 0 rings (SSSR count). The molecule has 6 heteroatoms. The van der Waals surface area contributed by atoms with E-state index in [-0.39, 0.29) is 12.8 Å². The summed E-state index contributed by atoms with van der Waals surface area (Å²) in [5, 5.41) is 17.8. The highest BCUT2D eigenvalue weighted by Crippen LogP contribution is 2.07. The van der Waals surface area contributed by atoms with Crippen molar-refractivity contribution in [1.82, 2.24) is 0 Å². The Morgan fingerprint density at radius 2 is 1.94 bits per heavy atom. The highest BCUT2D eigenvalue weighted by atomic mass is 16.5. The van der Waals surface area contributed by atoms with Crippen molar-refractivity contribution in [1.29, 1.82) is 0 Å². The van der Waals surface area contributed by atoms with E-state index in [1.807, 2.05) is 0 Å². The fraction of sp³-hybridized carbons (Fsp3) is 0.500. The van der Waals surface area contributed by atoms with Crippen LogP contribution in [0.25, 0.3) is 0 Å². The summed E-state index contributed by atoms with van der Waals surface area (Å²) < 4.78 is 4.56. The first kappa shape index (κ1) is 14.3. The lowest BCUT2D eigenvalue weighted by atomic mass is 10.0. The number of carboxylic acid groups (broad SMARTS) is 1. The summed E-state index contributed by atoms with van der Waals surface area (Å²) in [6.07, 6.45) is 0.273. The van der Waals surface area contributed by atoms with Gasteiger partial charge in [0, 0.05) is 0 Å². The van der Waals surface area contributed by atoms with Crippen LogP contribution >= 0.6 is 0 Å². The van der Waals surface area contributed by atoms with Gasteiger partial charge in [0.05, 0.1) is 12.8 Å². The average molecular weight is 230 g/mol. The Labute approximate surface area is 92.5 Å². The molecule has 16 heavy (non-hydrogen) atoms. The molecule has 0 aliphatic carbocycles. The molecular formula is C10H14O6. The van der Waals surface area contributed by atoms with Crippen LogP contribution in [-0.4, -0.2) is 40.1 Å². The number of rotatable bonds is 7. The maximum atomic E-state index is 11.1. The number of carbonyl (C=O) groups is 3. The van der Waals surface area contributed by atoms with E-state index in [0.29, 0.717) is 0 Å². The van der Waals surface area contributed by atoms with Crippen molar-refractivity contribution in [2.24, 2.45) is 0 Å². The summed E-state index contributed by atoms with van der Waals surface area (Å²) >= 11 is 0. The summed E-state index contributed by atoms with van der Waals surface area (Å²) in [5.41, 5.74) is -1.82. The normalized spacial score (nSPS) is 13.6. The summed E-state index contributed by atoms with van der Waals surface area (Å²) in [6, 6.07) is 0. The second kappa shape index (κ2) is 6.02. The number of ketones is 1. The van der Waals surface area contributed by atoms with E-state index in [2.05, 4.69) is 11.3 Å². The lowest BCUT2D eigenvalue weighted by Gasteiger charge is -2.19. The SMILES string of the molecule is C=CC(=O)C(C)(O)COC(=O)CCC(=O)O. The van der Waals surface area contributed by atoms with Gasteiger partial charge in [-0.25, -0.2) is 0 Å². The van der Waals surface area contributed by atoms with Crippen LogP contribution in [0.5, 0.6) is 0 Å². The average Bonchev–Trinajstić information content (AvgIpc) is 2.22. The number of aliphatic hydroxyl groups is 1. The minimum absolute atomic E-state index is 0.298. The highest BCUT2D eigenvalue weighted by Gasteiger charge is 2.29. The molecule has 0 spiro atoms. The molecule has 1 unspecified atom stereocenters. The number of hydrogen-bond acceptors (Lipinski definition) is 5. The van der Waals surface area contributed by atoms with Crippen LogP contribution in [-0.2, 0) is 19.1 Å². The molecule has 6 nitrogen and oxygen atoms in total. The minimum Gasteiger partial charge on any atom is -0.481 e. The molecule has 0 saturated heterocycles. The zero-order valence-electron chi connectivity index (χ0n) is 8.93. The van der Waals surface area contributed by atoms with Crippen molar-refractivity contribution < 1.29 is 29.3 Å². The third-order valence-corrected chi connectivity index (χ3v) is 1.77. The van der Waals surface area contributed by atoms with E-state index in [1.54, 1.807) is 0 Å². The van der Waals surface area contributed by atoms with Gasteiger partial charge in [-0.1, -0.05) is 6.58 Å². The first-order chi connectivity index (χ1) is 7.29. The highest BCUT2D eigenvalue weighted by molar-refractivity contribution is 5.96. The van der Waals surface area contributed by atoms with Crippen LogP contribution in [0.3, 0.4) is 0 Å². The summed E-state index contributed by atoms with van der Waals surface area (Å²) in [5.74, 6) is -2.57. The van der Waals surface area contributed by atoms with Gasteiger partial charge in [-0.3, -0.25) is 14.4 Å². The first-order valence-corrected chi connectivity index (χ1v) is 4.56. The third-order valence-electron chi connectivity index (χ3n) is 1.77. The van der Waals surface area contributed by atoms with E-state index in [0.717, 1.165) is 6.08 Å². The van der Waals surface area contributed by atoms with Crippen LogP contribution in [0, 0.1) is 0 Å². The molecule has 0 saturated carbocycles. The minimum atomic E-state index is -1.82. The Kier molecular flexibility index (Phi) is 5.38. The van der Waals surface area contributed by atoms with Crippen LogP contribution in [0.15, 0.2) is 12.7 Å². The Morgan fingerprint density at radius 1 is 1.38 bits per heavy atom. The molecule has 0 radical (unpaired) electrons. The Bertz CT molecular complexity index is 304. The molecule has 90 valence electrons. The summed E-state index contributed by atoms with van der Waals surface area (Å²) in [4.78, 5) is 32.2. The fourth-order valence-corrected chi connectivity index (χ4v) is 0.793. The van der Waals surface area contributed by atoms with Crippen molar-refractivity contribution in [2.45, 2.75) is 25.4 Å². The smallest absolute Gasteiger partial charge is 0.306 e. The lowest BCUT2D eigenvalue weighted by Crippen LogP contribution is -2.39. The van der Waals surface area contributed by atoms with E-state index < -0.39 is 29.9 Å². The molecule has 0 aromatic carbocycles. The summed E-state index contributed by atoms with van der Waals surface area (Å²) in [6.45, 7) is 3.85. The van der Waals surface area contributed by atoms with E-state index >= 15 is 0 Å².